The van der Waals surface area contributed by atoms with E-state index >= 15 is 0 Å². The van der Waals surface area contributed by atoms with Gasteiger partial charge in [0.05, 0.1) is 26.4 Å². The van der Waals surface area contributed by atoms with Crippen LogP contribution in [-0.4, -0.2) is 96.7 Å². The molecule has 17 nitrogen and oxygen atoms in total. The van der Waals surface area contributed by atoms with Gasteiger partial charge in [-0.2, -0.15) is 0 Å². The lowest BCUT2D eigenvalue weighted by Gasteiger charge is -2.21. The number of phosphoric ester groups is 2. The predicted molar refractivity (Wildman–Crippen MR) is 377 cm³/mol. The van der Waals surface area contributed by atoms with Crippen LogP contribution in [0.5, 0.6) is 0 Å². The third kappa shape index (κ3) is 67.9. The maximum Gasteiger partial charge on any atom is 0.472 e. The number of carbonyl (C=O) groups is 4. The highest BCUT2D eigenvalue weighted by atomic mass is 31.2. The molecule has 0 saturated heterocycles. The third-order valence-corrected chi connectivity index (χ3v) is 18.5. The van der Waals surface area contributed by atoms with E-state index in [1.54, 1.807) is 0 Å². The van der Waals surface area contributed by atoms with Gasteiger partial charge in [-0.1, -0.05) is 303 Å². The highest BCUT2D eigenvalue weighted by molar-refractivity contribution is 7.47. The molecule has 5 atom stereocenters. The minimum atomic E-state index is -4.96. The largest absolute Gasteiger partial charge is 0.472 e. The molecule has 0 fully saturated rings. The van der Waals surface area contributed by atoms with E-state index in [0.717, 1.165) is 116 Å². The van der Waals surface area contributed by atoms with Crippen molar-refractivity contribution in [2.24, 2.45) is 11.8 Å². The number of hydrogen-bond acceptors (Lipinski definition) is 15. The molecule has 0 radical (unpaired) electrons. The van der Waals surface area contributed by atoms with Crippen molar-refractivity contribution in [1.82, 2.24) is 0 Å². The molecule has 2 unspecified atom stereocenters. The van der Waals surface area contributed by atoms with Crippen molar-refractivity contribution < 1.29 is 80.2 Å². The first-order valence-electron chi connectivity index (χ1n) is 37.8. The molecule has 0 aromatic heterocycles. The van der Waals surface area contributed by atoms with E-state index in [1.807, 2.05) is 0 Å². The Bertz CT molecular complexity index is 1900. The Balaban J connectivity index is 5.24. The van der Waals surface area contributed by atoms with Crippen LogP contribution in [0.4, 0.5) is 0 Å². The molecule has 0 rings (SSSR count). The molecule has 0 saturated carbocycles. The van der Waals surface area contributed by atoms with Crippen LogP contribution >= 0.6 is 15.6 Å². The number of rotatable bonds is 71. The molecule has 93 heavy (non-hydrogen) atoms. The number of aliphatic hydroxyl groups is 1. The van der Waals surface area contributed by atoms with Crippen LogP contribution in [0.25, 0.3) is 0 Å². The molecular weight excluding hydrogens is 1220 g/mol. The van der Waals surface area contributed by atoms with E-state index in [1.165, 1.54) is 148 Å². The summed E-state index contributed by atoms with van der Waals surface area (Å²) in [5, 5.41) is 10.6. The van der Waals surface area contributed by atoms with Crippen LogP contribution in [0.2, 0.25) is 0 Å². The number of unbranched alkanes of at least 4 members (excludes halogenated alkanes) is 38. The molecule has 19 heteroatoms. The zero-order valence-corrected chi connectivity index (χ0v) is 61.8. The van der Waals surface area contributed by atoms with Crippen LogP contribution in [0.3, 0.4) is 0 Å². The zero-order valence-electron chi connectivity index (χ0n) is 60.0. The van der Waals surface area contributed by atoms with Gasteiger partial charge in [0.15, 0.2) is 12.2 Å². The lowest BCUT2D eigenvalue weighted by atomic mass is 10.0. The molecular formula is C74H140O17P2. The van der Waals surface area contributed by atoms with E-state index in [2.05, 4.69) is 65.8 Å². The number of allylic oxidation sites excluding steroid dienone is 4. The van der Waals surface area contributed by atoms with Crippen LogP contribution in [0.1, 0.15) is 356 Å². The Hall–Kier alpha value is -2.46. The summed E-state index contributed by atoms with van der Waals surface area (Å²) in [4.78, 5) is 72.6. The SMILES string of the molecule is CCCCCC/C=C\C=C/CCCCCCCC(=O)OC[C@H](COP(=O)(O)OC[C@@H](O)COP(=O)(O)OC[C@@H](COC(=O)CCCCCCCCC(C)C)OC(=O)CCCCCCCCCC(C)C)OC(=O)CCCCCCCCCCCCCCCCCCCCC. The van der Waals surface area contributed by atoms with Crippen molar-refractivity contribution in [3.8, 4) is 0 Å². The topological polar surface area (TPSA) is 237 Å². The summed E-state index contributed by atoms with van der Waals surface area (Å²) < 4.78 is 68.3. The number of ether oxygens (including phenoxy) is 4. The van der Waals surface area contributed by atoms with Crippen molar-refractivity contribution in [3.63, 3.8) is 0 Å². The quantitative estimate of drug-likeness (QED) is 0.0169. The highest BCUT2D eigenvalue weighted by Crippen LogP contribution is 2.45. The fraction of sp³-hybridized carbons (Fsp3) is 0.892. The summed E-state index contributed by atoms with van der Waals surface area (Å²) in [7, 11) is -9.92. The van der Waals surface area contributed by atoms with E-state index in [9.17, 15) is 43.2 Å². The Morgan fingerprint density at radius 2 is 0.581 bits per heavy atom. The molecule has 0 aromatic rings. The monoisotopic (exact) mass is 1360 g/mol. The van der Waals surface area contributed by atoms with Crippen LogP contribution in [0, 0.1) is 11.8 Å². The molecule has 0 aliphatic rings. The fourth-order valence-electron chi connectivity index (χ4n) is 10.8. The Morgan fingerprint density at radius 1 is 0.333 bits per heavy atom. The average molecular weight is 1360 g/mol. The molecule has 0 amide bonds. The van der Waals surface area contributed by atoms with Crippen LogP contribution < -0.4 is 0 Å². The van der Waals surface area contributed by atoms with E-state index in [0.29, 0.717) is 37.5 Å². The molecule has 0 spiro atoms. The molecule has 0 aliphatic heterocycles. The number of carbonyl (C=O) groups excluding carboxylic acids is 4. The van der Waals surface area contributed by atoms with Gasteiger partial charge in [0.2, 0.25) is 0 Å². The first-order chi connectivity index (χ1) is 44.9. The van der Waals surface area contributed by atoms with Gasteiger partial charge in [-0.05, 0) is 63.2 Å². The van der Waals surface area contributed by atoms with Gasteiger partial charge in [-0.25, -0.2) is 9.13 Å². The van der Waals surface area contributed by atoms with E-state index in [4.69, 9.17) is 37.0 Å². The smallest absolute Gasteiger partial charge is 0.462 e. The van der Waals surface area contributed by atoms with Crippen molar-refractivity contribution in [2.75, 3.05) is 39.6 Å². The molecule has 0 aliphatic carbocycles. The first-order valence-corrected chi connectivity index (χ1v) is 40.8. The predicted octanol–water partition coefficient (Wildman–Crippen LogP) is 21.1. The lowest BCUT2D eigenvalue weighted by Crippen LogP contribution is -2.30. The Morgan fingerprint density at radius 3 is 0.882 bits per heavy atom. The lowest BCUT2D eigenvalue weighted by molar-refractivity contribution is -0.161. The number of phosphoric acid groups is 2. The van der Waals surface area contributed by atoms with Gasteiger partial charge in [0.25, 0.3) is 0 Å². The minimum absolute atomic E-state index is 0.100. The molecule has 548 valence electrons. The van der Waals surface area contributed by atoms with Gasteiger partial charge >= 0.3 is 39.5 Å². The molecule has 0 bridgehead atoms. The van der Waals surface area contributed by atoms with Crippen molar-refractivity contribution in [2.45, 2.75) is 374 Å². The maximum absolute atomic E-state index is 13.1. The number of esters is 4. The van der Waals surface area contributed by atoms with Crippen molar-refractivity contribution >= 4 is 39.5 Å². The Labute approximate surface area is 567 Å². The van der Waals surface area contributed by atoms with Gasteiger partial charge in [0.1, 0.15) is 19.3 Å². The summed E-state index contributed by atoms with van der Waals surface area (Å²) in [6.45, 7) is 9.36. The normalized spacial score (nSPS) is 14.2. The number of hydrogen-bond donors (Lipinski definition) is 3. The second kappa shape index (κ2) is 65.5. The van der Waals surface area contributed by atoms with Gasteiger partial charge in [0, 0.05) is 25.7 Å². The standard InChI is InChI=1S/C74H140O17P2/c1-7-9-11-13-15-17-19-21-23-24-25-26-28-30-32-34-38-46-52-58-73(78)90-69(62-84-71(76)56-50-44-37-33-31-29-27-22-20-18-16-14-12-10-8-2)64-88-92(80,81)86-60-68(75)61-87-93(82,83)89-65-70(63-85-72(77)57-51-45-41-40-43-49-55-67(5)6)91-74(79)59-53-47-39-35-36-42-48-54-66(3)4/h18,20,22,27,66-70,75H,7-17,19,21,23-26,28-65H2,1-6H3,(H,80,81)(H,82,83)/b20-18-,27-22-/t68-,69-,70-/m1/s1. The van der Waals surface area contributed by atoms with Crippen LogP contribution in [0.15, 0.2) is 24.3 Å². The van der Waals surface area contributed by atoms with E-state index < -0.39 is 97.5 Å². The third-order valence-electron chi connectivity index (χ3n) is 16.6. The Kier molecular flexibility index (Phi) is 63.7. The van der Waals surface area contributed by atoms with Gasteiger partial charge in [-0.15, -0.1) is 0 Å². The average Bonchev–Trinajstić information content (AvgIpc) is 3.65. The van der Waals surface area contributed by atoms with Gasteiger partial charge < -0.3 is 33.8 Å². The summed E-state index contributed by atoms with van der Waals surface area (Å²) in [5.41, 5.74) is 0. The highest BCUT2D eigenvalue weighted by Gasteiger charge is 2.30. The van der Waals surface area contributed by atoms with Crippen molar-refractivity contribution in [3.05, 3.63) is 24.3 Å². The molecule has 0 heterocycles. The van der Waals surface area contributed by atoms with Crippen LogP contribution in [-0.2, 0) is 65.4 Å². The zero-order chi connectivity index (χ0) is 68.6. The van der Waals surface area contributed by atoms with Crippen molar-refractivity contribution in [1.29, 1.82) is 0 Å². The molecule has 0 aromatic carbocycles. The summed E-state index contributed by atoms with van der Waals surface area (Å²) in [6, 6.07) is 0. The number of aliphatic hydroxyl groups excluding tert-OH is 1. The van der Waals surface area contributed by atoms with Gasteiger partial charge in [-0.3, -0.25) is 37.3 Å². The second-order valence-corrected chi connectivity index (χ2v) is 29.9. The molecule has 3 N–H and O–H groups in total. The second-order valence-electron chi connectivity index (χ2n) is 27.0. The summed E-state index contributed by atoms with van der Waals surface area (Å²) >= 11 is 0. The summed E-state index contributed by atoms with van der Waals surface area (Å²) in [6.07, 6.45) is 55.3. The fourth-order valence-corrected chi connectivity index (χ4v) is 12.3. The first kappa shape index (κ1) is 90.5. The van der Waals surface area contributed by atoms with E-state index in [-0.39, 0.29) is 25.7 Å². The summed E-state index contributed by atoms with van der Waals surface area (Å²) in [5.74, 6) is -0.783. The minimum Gasteiger partial charge on any atom is -0.462 e. The maximum atomic E-state index is 13.1.